The predicted molar refractivity (Wildman–Crippen MR) is 76.3 cm³/mol. The van der Waals surface area contributed by atoms with Crippen LogP contribution in [0.2, 0.25) is 0 Å². The second kappa shape index (κ2) is 7.03. The molecule has 19 heavy (non-hydrogen) atoms. The van der Waals surface area contributed by atoms with E-state index >= 15 is 0 Å². The van der Waals surface area contributed by atoms with Crippen LogP contribution in [-0.2, 0) is 9.47 Å². The first-order valence-electron chi connectivity index (χ1n) is 6.42. The molecule has 0 aromatic heterocycles. The fourth-order valence-corrected chi connectivity index (χ4v) is 2.45. The summed E-state index contributed by atoms with van der Waals surface area (Å²) in [7, 11) is 0. The van der Waals surface area contributed by atoms with Gasteiger partial charge in [0.1, 0.15) is 6.10 Å². The van der Waals surface area contributed by atoms with Crippen LogP contribution < -0.4 is 0 Å². The van der Waals surface area contributed by atoms with Gasteiger partial charge in [-0.3, -0.25) is 4.90 Å². The van der Waals surface area contributed by atoms with Crippen molar-refractivity contribution >= 4 is 21.9 Å². The standard InChI is InChI=1S/C14H18BrNO3/c1-11(10-16-5-7-18-8-6-16)19-14(17)12-3-2-4-13(15)9-12/h2-4,9,11H,5-8,10H2,1H3/t11-/m0/s1. The number of hydrogen-bond donors (Lipinski definition) is 0. The van der Waals surface area contributed by atoms with Crippen LogP contribution in [0.4, 0.5) is 0 Å². The van der Waals surface area contributed by atoms with E-state index in [0.29, 0.717) is 5.56 Å². The maximum absolute atomic E-state index is 12.0. The van der Waals surface area contributed by atoms with Gasteiger partial charge in [0.05, 0.1) is 18.8 Å². The number of ether oxygens (including phenoxy) is 2. The Morgan fingerprint density at radius 1 is 1.47 bits per heavy atom. The maximum Gasteiger partial charge on any atom is 0.338 e. The third-order valence-electron chi connectivity index (χ3n) is 2.99. The van der Waals surface area contributed by atoms with Gasteiger partial charge in [-0.05, 0) is 25.1 Å². The Balaban J connectivity index is 1.84. The molecule has 1 aliphatic heterocycles. The van der Waals surface area contributed by atoms with E-state index in [2.05, 4.69) is 20.8 Å². The molecule has 0 bridgehead atoms. The number of rotatable bonds is 4. The summed E-state index contributed by atoms with van der Waals surface area (Å²) in [6.45, 7) is 5.99. The van der Waals surface area contributed by atoms with E-state index in [-0.39, 0.29) is 12.1 Å². The number of carbonyl (C=O) groups is 1. The quantitative estimate of drug-likeness (QED) is 0.795. The number of morpholine rings is 1. The van der Waals surface area contributed by atoms with Crippen LogP contribution in [0, 0.1) is 0 Å². The van der Waals surface area contributed by atoms with E-state index < -0.39 is 0 Å². The van der Waals surface area contributed by atoms with Crippen LogP contribution in [0.5, 0.6) is 0 Å². The van der Waals surface area contributed by atoms with Crippen molar-refractivity contribution in [1.82, 2.24) is 4.90 Å². The fraction of sp³-hybridized carbons (Fsp3) is 0.500. The van der Waals surface area contributed by atoms with Crippen molar-refractivity contribution in [2.75, 3.05) is 32.8 Å². The van der Waals surface area contributed by atoms with Crippen molar-refractivity contribution in [3.05, 3.63) is 34.3 Å². The second-order valence-corrected chi connectivity index (χ2v) is 5.55. The first-order chi connectivity index (χ1) is 9.15. The summed E-state index contributed by atoms with van der Waals surface area (Å²) < 4.78 is 11.6. The highest BCUT2D eigenvalue weighted by Gasteiger charge is 2.17. The summed E-state index contributed by atoms with van der Waals surface area (Å²) in [4.78, 5) is 14.2. The first kappa shape index (κ1) is 14.5. The molecule has 0 spiro atoms. The minimum absolute atomic E-state index is 0.121. The first-order valence-corrected chi connectivity index (χ1v) is 7.21. The maximum atomic E-state index is 12.0. The molecule has 1 aromatic rings. The molecular formula is C14H18BrNO3. The summed E-state index contributed by atoms with van der Waals surface area (Å²) in [5.74, 6) is -0.276. The zero-order chi connectivity index (χ0) is 13.7. The van der Waals surface area contributed by atoms with Crippen LogP contribution in [0.25, 0.3) is 0 Å². The van der Waals surface area contributed by atoms with Gasteiger partial charge in [-0.2, -0.15) is 0 Å². The highest BCUT2D eigenvalue weighted by Crippen LogP contribution is 2.13. The van der Waals surface area contributed by atoms with Crippen LogP contribution in [0.1, 0.15) is 17.3 Å². The van der Waals surface area contributed by atoms with Crippen LogP contribution in [0.15, 0.2) is 28.7 Å². The molecule has 1 aliphatic rings. The van der Waals surface area contributed by atoms with Crippen molar-refractivity contribution in [3.63, 3.8) is 0 Å². The van der Waals surface area contributed by atoms with Gasteiger partial charge in [-0.25, -0.2) is 4.79 Å². The summed E-state index contributed by atoms with van der Waals surface area (Å²) in [6.07, 6.45) is -0.121. The molecule has 1 fully saturated rings. The van der Waals surface area contributed by atoms with Gasteiger partial charge in [-0.15, -0.1) is 0 Å². The molecule has 1 saturated heterocycles. The average molecular weight is 328 g/mol. The summed E-state index contributed by atoms with van der Waals surface area (Å²) in [6, 6.07) is 7.24. The molecule has 2 rings (SSSR count). The zero-order valence-corrected chi connectivity index (χ0v) is 12.6. The van der Waals surface area contributed by atoms with Crippen molar-refractivity contribution in [2.45, 2.75) is 13.0 Å². The van der Waals surface area contributed by atoms with Gasteiger partial charge in [0.25, 0.3) is 0 Å². The summed E-state index contributed by atoms with van der Waals surface area (Å²) in [5.41, 5.74) is 0.572. The topological polar surface area (TPSA) is 38.8 Å². The lowest BCUT2D eigenvalue weighted by Gasteiger charge is -2.28. The van der Waals surface area contributed by atoms with Crippen LogP contribution in [0.3, 0.4) is 0 Å². The number of esters is 1. The molecule has 0 radical (unpaired) electrons. The number of benzene rings is 1. The molecule has 0 aliphatic carbocycles. The van der Waals surface area contributed by atoms with E-state index in [1.54, 1.807) is 12.1 Å². The van der Waals surface area contributed by atoms with Gasteiger partial charge >= 0.3 is 5.97 Å². The Kier molecular flexibility index (Phi) is 5.36. The molecule has 0 unspecified atom stereocenters. The number of carbonyl (C=O) groups excluding carboxylic acids is 1. The molecule has 0 N–H and O–H groups in total. The van der Waals surface area contributed by atoms with E-state index in [1.807, 2.05) is 19.1 Å². The van der Waals surface area contributed by atoms with E-state index in [4.69, 9.17) is 9.47 Å². The van der Waals surface area contributed by atoms with E-state index in [1.165, 1.54) is 0 Å². The van der Waals surface area contributed by atoms with Gasteiger partial charge in [0.15, 0.2) is 0 Å². The lowest BCUT2D eigenvalue weighted by Crippen LogP contribution is -2.41. The highest BCUT2D eigenvalue weighted by atomic mass is 79.9. The highest BCUT2D eigenvalue weighted by molar-refractivity contribution is 9.10. The Morgan fingerprint density at radius 3 is 2.89 bits per heavy atom. The Labute approximate surface area is 121 Å². The molecule has 5 heteroatoms. The largest absolute Gasteiger partial charge is 0.458 e. The molecule has 0 saturated carbocycles. The van der Waals surface area contributed by atoms with Gasteiger partial charge in [0, 0.05) is 24.1 Å². The van der Waals surface area contributed by atoms with Crippen molar-refractivity contribution in [3.8, 4) is 0 Å². The van der Waals surface area contributed by atoms with Gasteiger partial charge in [-0.1, -0.05) is 22.0 Å². The normalized spacial score (nSPS) is 18.0. The Hall–Kier alpha value is -0.910. The molecule has 1 atom stereocenters. The third-order valence-corrected chi connectivity index (χ3v) is 3.48. The SMILES string of the molecule is C[C@@H](CN1CCOCC1)OC(=O)c1cccc(Br)c1. The van der Waals surface area contributed by atoms with Crippen LogP contribution in [-0.4, -0.2) is 49.8 Å². The number of hydrogen-bond acceptors (Lipinski definition) is 4. The number of nitrogens with zero attached hydrogens (tertiary/aromatic N) is 1. The Bertz CT molecular complexity index is 432. The molecule has 4 nitrogen and oxygen atoms in total. The smallest absolute Gasteiger partial charge is 0.338 e. The second-order valence-electron chi connectivity index (χ2n) is 4.64. The predicted octanol–water partition coefficient (Wildman–Crippen LogP) is 2.33. The van der Waals surface area contributed by atoms with Gasteiger partial charge in [0.2, 0.25) is 0 Å². The van der Waals surface area contributed by atoms with E-state index in [9.17, 15) is 4.79 Å². The van der Waals surface area contributed by atoms with E-state index in [0.717, 1.165) is 37.3 Å². The molecule has 1 heterocycles. The summed E-state index contributed by atoms with van der Waals surface area (Å²) in [5, 5.41) is 0. The lowest BCUT2D eigenvalue weighted by molar-refractivity contribution is 0.000444. The monoisotopic (exact) mass is 327 g/mol. The molecule has 104 valence electrons. The van der Waals surface area contributed by atoms with Crippen molar-refractivity contribution in [1.29, 1.82) is 0 Å². The zero-order valence-electron chi connectivity index (χ0n) is 11.0. The molecule has 0 amide bonds. The Morgan fingerprint density at radius 2 is 2.21 bits per heavy atom. The van der Waals surface area contributed by atoms with Crippen LogP contribution >= 0.6 is 15.9 Å². The molecular weight excluding hydrogens is 310 g/mol. The third kappa shape index (κ3) is 4.60. The number of halogens is 1. The minimum Gasteiger partial charge on any atom is -0.458 e. The fourth-order valence-electron chi connectivity index (χ4n) is 2.05. The lowest BCUT2D eigenvalue weighted by atomic mass is 10.2. The van der Waals surface area contributed by atoms with Gasteiger partial charge < -0.3 is 9.47 Å². The molecule has 1 aromatic carbocycles. The van der Waals surface area contributed by atoms with Crippen molar-refractivity contribution < 1.29 is 14.3 Å². The summed E-state index contributed by atoms with van der Waals surface area (Å²) >= 11 is 3.35. The average Bonchev–Trinajstić information content (AvgIpc) is 2.39. The minimum atomic E-state index is -0.276. The van der Waals surface area contributed by atoms with Crippen molar-refractivity contribution in [2.24, 2.45) is 0 Å².